The molecule has 0 radical (unpaired) electrons. The summed E-state index contributed by atoms with van der Waals surface area (Å²) in [4.78, 5) is 27.2. The molecular weight excluding hydrogens is 390 g/mol. The van der Waals surface area contributed by atoms with Gasteiger partial charge in [-0.05, 0) is 68.0 Å². The van der Waals surface area contributed by atoms with Crippen molar-refractivity contribution in [1.29, 1.82) is 0 Å². The van der Waals surface area contributed by atoms with E-state index in [1.54, 1.807) is 36.2 Å². The Hall–Kier alpha value is -2.92. The highest BCUT2D eigenvalue weighted by molar-refractivity contribution is 5.98. The molecule has 0 heterocycles. The number of carbonyl (C=O) groups excluding carboxylic acids is 2. The molecule has 0 aliphatic heterocycles. The minimum atomic E-state index is -1.29. The van der Waals surface area contributed by atoms with Gasteiger partial charge in [0.05, 0.1) is 11.0 Å². The summed E-state index contributed by atoms with van der Waals surface area (Å²) in [7, 11) is 1.69. The Morgan fingerprint density at radius 1 is 1.23 bits per heavy atom. The first kappa shape index (κ1) is 22.8. The first-order valence-corrected chi connectivity index (χ1v) is 10.6. The van der Waals surface area contributed by atoms with Crippen LogP contribution in [0.15, 0.2) is 61.2 Å². The van der Waals surface area contributed by atoms with Crippen molar-refractivity contribution in [2.45, 2.75) is 39.2 Å². The molecule has 2 unspecified atom stereocenters. The average Bonchev–Trinajstić information content (AvgIpc) is 2.79. The number of amides is 1. The van der Waals surface area contributed by atoms with E-state index in [1.165, 1.54) is 6.08 Å². The third kappa shape index (κ3) is 3.90. The Bertz CT molecular complexity index is 979. The minimum absolute atomic E-state index is 0.0724. The lowest BCUT2D eigenvalue weighted by Gasteiger charge is -2.50. The molecule has 1 N–H and O–H groups in total. The van der Waals surface area contributed by atoms with E-state index in [0.717, 1.165) is 24.0 Å². The standard InChI is InChI=1S/C26H31NO4/c1-6-17-31-23(28)20-13-15-21(16-14-20)27(5)24(29)25(3,4)26(30)18(2)11-12-19-9-7-8-10-22(19)26/h6-10,13-16,18,30H,1,11-12,17H2,2-5H3. The van der Waals surface area contributed by atoms with Gasteiger partial charge in [-0.15, -0.1) is 0 Å². The lowest BCUT2D eigenvalue weighted by Crippen LogP contribution is -2.57. The smallest absolute Gasteiger partial charge is 0.338 e. The molecular formula is C26H31NO4. The van der Waals surface area contributed by atoms with Crippen molar-refractivity contribution in [3.05, 3.63) is 77.9 Å². The fourth-order valence-corrected chi connectivity index (χ4v) is 4.65. The van der Waals surface area contributed by atoms with Crippen LogP contribution in [0.25, 0.3) is 0 Å². The summed E-state index contributed by atoms with van der Waals surface area (Å²) in [5, 5.41) is 12.0. The summed E-state index contributed by atoms with van der Waals surface area (Å²) in [5.74, 6) is -0.708. The third-order valence-corrected chi connectivity index (χ3v) is 6.60. The van der Waals surface area contributed by atoms with Crippen LogP contribution < -0.4 is 4.90 Å². The molecule has 3 rings (SSSR count). The van der Waals surface area contributed by atoms with Crippen LogP contribution in [0, 0.1) is 11.3 Å². The van der Waals surface area contributed by atoms with Gasteiger partial charge in [0.15, 0.2) is 0 Å². The molecule has 5 nitrogen and oxygen atoms in total. The second kappa shape index (κ2) is 8.67. The minimum Gasteiger partial charge on any atom is -0.458 e. The number of anilines is 1. The van der Waals surface area contributed by atoms with Gasteiger partial charge in [0.2, 0.25) is 5.91 Å². The molecule has 0 bridgehead atoms. The number of fused-ring (bicyclic) bond motifs is 1. The van der Waals surface area contributed by atoms with Gasteiger partial charge >= 0.3 is 5.97 Å². The summed E-state index contributed by atoms with van der Waals surface area (Å²) in [5.41, 5.74) is 0.605. The Morgan fingerprint density at radius 3 is 2.52 bits per heavy atom. The molecule has 0 aromatic heterocycles. The normalized spacial score (nSPS) is 20.5. The van der Waals surface area contributed by atoms with Gasteiger partial charge < -0.3 is 14.7 Å². The van der Waals surface area contributed by atoms with Gasteiger partial charge in [0.25, 0.3) is 0 Å². The number of rotatable bonds is 6. The second-order valence-corrected chi connectivity index (χ2v) is 8.79. The molecule has 0 saturated heterocycles. The molecule has 164 valence electrons. The predicted molar refractivity (Wildman–Crippen MR) is 122 cm³/mol. The molecule has 5 heteroatoms. The summed E-state index contributed by atoms with van der Waals surface area (Å²) < 4.78 is 5.05. The van der Waals surface area contributed by atoms with E-state index in [1.807, 2.05) is 45.0 Å². The van der Waals surface area contributed by atoms with E-state index in [2.05, 4.69) is 6.58 Å². The Kier molecular flexibility index (Phi) is 6.37. The van der Waals surface area contributed by atoms with Gasteiger partial charge in [-0.3, -0.25) is 4.79 Å². The zero-order chi connectivity index (χ0) is 22.8. The van der Waals surface area contributed by atoms with E-state index in [0.29, 0.717) is 11.3 Å². The number of hydrogen-bond donors (Lipinski definition) is 1. The van der Waals surface area contributed by atoms with Gasteiger partial charge in [-0.1, -0.05) is 43.8 Å². The molecule has 2 aromatic carbocycles. The lowest BCUT2D eigenvalue weighted by molar-refractivity contribution is -0.158. The molecule has 2 aromatic rings. The highest BCUT2D eigenvalue weighted by Gasteiger charge is 2.55. The van der Waals surface area contributed by atoms with E-state index >= 15 is 0 Å². The SMILES string of the molecule is C=CCOC(=O)c1ccc(N(C)C(=O)C(C)(C)C2(O)c3ccccc3CCC2C)cc1. The lowest BCUT2D eigenvalue weighted by atomic mass is 9.59. The monoisotopic (exact) mass is 421 g/mol. The van der Waals surface area contributed by atoms with Crippen LogP contribution in [0.5, 0.6) is 0 Å². The van der Waals surface area contributed by atoms with Crippen LogP contribution in [0.4, 0.5) is 5.69 Å². The van der Waals surface area contributed by atoms with Crippen molar-refractivity contribution < 1.29 is 19.4 Å². The van der Waals surface area contributed by atoms with Crippen molar-refractivity contribution in [3.8, 4) is 0 Å². The number of benzene rings is 2. The van der Waals surface area contributed by atoms with Crippen molar-refractivity contribution in [2.24, 2.45) is 11.3 Å². The van der Waals surface area contributed by atoms with Crippen LogP contribution in [-0.4, -0.2) is 30.6 Å². The number of carbonyl (C=O) groups is 2. The summed E-state index contributed by atoms with van der Waals surface area (Å²) in [6.07, 6.45) is 3.22. The van der Waals surface area contributed by atoms with Crippen LogP contribution in [0.2, 0.25) is 0 Å². The maximum Gasteiger partial charge on any atom is 0.338 e. The average molecular weight is 422 g/mol. The number of aliphatic hydroxyl groups is 1. The van der Waals surface area contributed by atoms with Gasteiger partial charge in [0.1, 0.15) is 12.2 Å². The summed E-state index contributed by atoms with van der Waals surface area (Å²) in [6.45, 7) is 9.30. The Balaban J connectivity index is 1.89. The van der Waals surface area contributed by atoms with Gasteiger partial charge in [0, 0.05) is 12.7 Å². The summed E-state index contributed by atoms with van der Waals surface area (Å²) in [6, 6.07) is 14.5. The van der Waals surface area contributed by atoms with Crippen molar-refractivity contribution in [1.82, 2.24) is 0 Å². The molecule has 0 saturated carbocycles. The first-order valence-electron chi connectivity index (χ1n) is 10.6. The zero-order valence-corrected chi connectivity index (χ0v) is 18.7. The Morgan fingerprint density at radius 2 is 1.87 bits per heavy atom. The fourth-order valence-electron chi connectivity index (χ4n) is 4.65. The number of aryl methyl sites for hydroxylation is 1. The third-order valence-electron chi connectivity index (χ3n) is 6.60. The van der Waals surface area contributed by atoms with Crippen LogP contribution in [0.3, 0.4) is 0 Å². The number of esters is 1. The topological polar surface area (TPSA) is 66.8 Å². The molecule has 31 heavy (non-hydrogen) atoms. The van der Waals surface area contributed by atoms with Gasteiger partial charge in [-0.2, -0.15) is 0 Å². The molecule has 1 amide bonds. The predicted octanol–water partition coefficient (Wildman–Crippen LogP) is 4.49. The maximum absolute atomic E-state index is 13.6. The fraction of sp³-hybridized carbons (Fsp3) is 0.385. The summed E-state index contributed by atoms with van der Waals surface area (Å²) >= 11 is 0. The first-order chi connectivity index (χ1) is 14.6. The van der Waals surface area contributed by atoms with E-state index in [9.17, 15) is 14.7 Å². The highest BCUT2D eigenvalue weighted by Crippen LogP contribution is 2.51. The number of hydrogen-bond acceptors (Lipinski definition) is 4. The van der Waals surface area contributed by atoms with Crippen molar-refractivity contribution >= 4 is 17.6 Å². The van der Waals surface area contributed by atoms with Crippen molar-refractivity contribution in [3.63, 3.8) is 0 Å². The van der Waals surface area contributed by atoms with Crippen molar-refractivity contribution in [2.75, 3.05) is 18.6 Å². The second-order valence-electron chi connectivity index (χ2n) is 8.79. The largest absolute Gasteiger partial charge is 0.458 e. The van der Waals surface area contributed by atoms with Crippen LogP contribution >= 0.6 is 0 Å². The van der Waals surface area contributed by atoms with E-state index in [4.69, 9.17) is 4.74 Å². The number of ether oxygens (including phenoxy) is 1. The molecule has 0 fully saturated rings. The molecule has 0 spiro atoms. The number of nitrogens with zero attached hydrogens (tertiary/aromatic N) is 1. The quantitative estimate of drug-likeness (QED) is 0.551. The Labute approximate surface area is 184 Å². The van der Waals surface area contributed by atoms with Gasteiger partial charge in [-0.25, -0.2) is 4.79 Å². The molecule has 1 aliphatic carbocycles. The van der Waals surface area contributed by atoms with E-state index in [-0.39, 0.29) is 18.4 Å². The highest BCUT2D eigenvalue weighted by atomic mass is 16.5. The van der Waals surface area contributed by atoms with Crippen LogP contribution in [-0.2, 0) is 21.6 Å². The molecule has 1 aliphatic rings. The zero-order valence-electron chi connectivity index (χ0n) is 18.7. The maximum atomic E-state index is 13.6. The van der Waals surface area contributed by atoms with E-state index < -0.39 is 17.0 Å². The van der Waals surface area contributed by atoms with Crippen LogP contribution in [0.1, 0.15) is 48.7 Å². The molecule has 2 atom stereocenters.